The van der Waals surface area contributed by atoms with Crippen molar-refractivity contribution in [2.24, 2.45) is 17.8 Å². The Kier molecular flexibility index (Phi) is 6.57. The summed E-state index contributed by atoms with van der Waals surface area (Å²) in [5.41, 5.74) is 1.36. The first kappa shape index (κ1) is 16.8. The monoisotopic (exact) mass is 307 g/mol. The summed E-state index contributed by atoms with van der Waals surface area (Å²) in [5, 5.41) is 4.65. The van der Waals surface area contributed by atoms with Crippen LogP contribution in [0.2, 0.25) is 5.02 Å². The average Bonchev–Trinajstić information content (AvgIpc) is 2.46. The zero-order valence-electron chi connectivity index (χ0n) is 13.7. The van der Waals surface area contributed by atoms with Crippen LogP contribution in [0.15, 0.2) is 24.3 Å². The van der Waals surface area contributed by atoms with E-state index in [1.807, 2.05) is 6.07 Å². The van der Waals surface area contributed by atoms with Crippen LogP contribution in [0.3, 0.4) is 0 Å². The lowest BCUT2D eigenvalue weighted by molar-refractivity contribution is 0.170. The van der Waals surface area contributed by atoms with Crippen LogP contribution in [0, 0.1) is 17.8 Å². The smallest absolute Gasteiger partial charge is 0.0408 e. The van der Waals surface area contributed by atoms with E-state index in [0.29, 0.717) is 6.04 Å². The van der Waals surface area contributed by atoms with Gasteiger partial charge in [-0.2, -0.15) is 0 Å². The molecule has 1 aromatic rings. The van der Waals surface area contributed by atoms with Crippen molar-refractivity contribution in [3.05, 3.63) is 34.9 Å². The first-order chi connectivity index (χ1) is 10.1. The molecule has 21 heavy (non-hydrogen) atoms. The first-order valence-electron chi connectivity index (χ1n) is 8.58. The third-order valence-corrected chi connectivity index (χ3v) is 5.44. The van der Waals surface area contributed by atoms with Gasteiger partial charge in [-0.15, -0.1) is 0 Å². The lowest BCUT2D eigenvalue weighted by Gasteiger charge is -2.37. The normalized spacial score (nSPS) is 27.5. The molecule has 0 aromatic heterocycles. The molecule has 0 amide bonds. The van der Waals surface area contributed by atoms with Crippen molar-refractivity contribution in [2.75, 3.05) is 6.54 Å². The molecule has 1 fully saturated rings. The highest BCUT2D eigenvalue weighted by molar-refractivity contribution is 6.30. The van der Waals surface area contributed by atoms with Crippen LogP contribution in [0.4, 0.5) is 0 Å². The molecule has 0 saturated heterocycles. The minimum absolute atomic E-state index is 0.596. The van der Waals surface area contributed by atoms with Crippen LogP contribution in [-0.2, 0) is 6.42 Å². The van der Waals surface area contributed by atoms with E-state index in [2.05, 4.69) is 44.3 Å². The minimum Gasteiger partial charge on any atom is -0.313 e. The van der Waals surface area contributed by atoms with Gasteiger partial charge in [-0.25, -0.2) is 0 Å². The topological polar surface area (TPSA) is 12.0 Å². The molecule has 0 spiro atoms. The van der Waals surface area contributed by atoms with E-state index < -0.39 is 0 Å². The van der Waals surface area contributed by atoms with E-state index in [1.54, 1.807) is 0 Å². The van der Waals surface area contributed by atoms with E-state index >= 15 is 0 Å². The largest absolute Gasteiger partial charge is 0.313 e. The summed E-state index contributed by atoms with van der Waals surface area (Å²) in [6.07, 6.45) is 6.42. The van der Waals surface area contributed by atoms with E-state index in [1.165, 1.54) is 31.2 Å². The van der Waals surface area contributed by atoms with Crippen LogP contribution in [0.5, 0.6) is 0 Å². The van der Waals surface area contributed by atoms with E-state index in [0.717, 1.165) is 35.7 Å². The minimum atomic E-state index is 0.596. The summed E-state index contributed by atoms with van der Waals surface area (Å²) >= 11 is 6.14. The summed E-state index contributed by atoms with van der Waals surface area (Å²) in [4.78, 5) is 0. The molecule has 0 heterocycles. The quantitative estimate of drug-likeness (QED) is 0.749. The third kappa shape index (κ3) is 5.00. The molecular formula is C19H30ClN. The maximum Gasteiger partial charge on any atom is 0.0408 e. The van der Waals surface area contributed by atoms with Crippen LogP contribution < -0.4 is 5.32 Å². The number of hydrogen-bond donors (Lipinski definition) is 1. The lowest BCUT2D eigenvalue weighted by atomic mass is 9.72. The van der Waals surface area contributed by atoms with Crippen molar-refractivity contribution in [1.29, 1.82) is 0 Å². The van der Waals surface area contributed by atoms with Gasteiger partial charge in [0.15, 0.2) is 0 Å². The van der Waals surface area contributed by atoms with Gasteiger partial charge in [-0.3, -0.25) is 0 Å². The second kappa shape index (κ2) is 8.19. The van der Waals surface area contributed by atoms with Gasteiger partial charge in [0, 0.05) is 11.1 Å². The molecule has 0 aliphatic heterocycles. The van der Waals surface area contributed by atoms with Gasteiger partial charge in [-0.1, -0.05) is 50.9 Å². The maximum atomic E-state index is 6.14. The summed E-state index contributed by atoms with van der Waals surface area (Å²) in [6, 6.07) is 8.96. The highest BCUT2D eigenvalue weighted by Gasteiger charge is 2.29. The van der Waals surface area contributed by atoms with Crippen LogP contribution in [0.25, 0.3) is 0 Å². The highest BCUT2D eigenvalue weighted by atomic mass is 35.5. The Labute approximate surface area is 135 Å². The molecule has 1 aliphatic carbocycles. The molecule has 1 N–H and O–H groups in total. The Bertz CT molecular complexity index is 431. The van der Waals surface area contributed by atoms with Crippen molar-refractivity contribution < 1.29 is 0 Å². The number of halogens is 1. The Morgan fingerprint density at radius 2 is 2.05 bits per heavy atom. The number of hydrogen-bond acceptors (Lipinski definition) is 1. The number of benzene rings is 1. The molecule has 4 unspecified atom stereocenters. The fraction of sp³-hybridized carbons (Fsp3) is 0.684. The van der Waals surface area contributed by atoms with Crippen molar-refractivity contribution >= 4 is 11.6 Å². The van der Waals surface area contributed by atoms with Crippen molar-refractivity contribution in [3.63, 3.8) is 0 Å². The molecule has 0 bridgehead atoms. The predicted octanol–water partition coefficient (Wildman–Crippen LogP) is 5.32. The van der Waals surface area contributed by atoms with E-state index in [4.69, 9.17) is 11.6 Å². The van der Waals surface area contributed by atoms with Gasteiger partial charge in [0.2, 0.25) is 0 Å². The fourth-order valence-electron chi connectivity index (χ4n) is 3.61. The van der Waals surface area contributed by atoms with E-state index in [-0.39, 0.29) is 0 Å². The van der Waals surface area contributed by atoms with Gasteiger partial charge < -0.3 is 5.32 Å². The highest BCUT2D eigenvalue weighted by Crippen LogP contribution is 2.35. The van der Waals surface area contributed by atoms with Gasteiger partial charge in [-0.05, 0) is 67.7 Å². The van der Waals surface area contributed by atoms with Crippen molar-refractivity contribution in [2.45, 2.75) is 58.9 Å². The molecule has 1 aliphatic rings. The zero-order chi connectivity index (χ0) is 15.2. The van der Waals surface area contributed by atoms with Crippen molar-refractivity contribution in [3.8, 4) is 0 Å². The number of nitrogens with one attached hydrogen (secondary N) is 1. The predicted molar refractivity (Wildman–Crippen MR) is 92.9 cm³/mol. The van der Waals surface area contributed by atoms with Crippen LogP contribution in [0.1, 0.15) is 52.0 Å². The summed E-state index contributed by atoms with van der Waals surface area (Å²) in [6.45, 7) is 8.19. The molecular weight excluding hydrogens is 278 g/mol. The lowest BCUT2D eigenvalue weighted by Crippen LogP contribution is -2.41. The Balaban J connectivity index is 2.03. The number of rotatable bonds is 6. The average molecular weight is 308 g/mol. The molecule has 1 saturated carbocycles. The third-order valence-electron chi connectivity index (χ3n) is 5.21. The molecule has 1 nitrogen and oxygen atoms in total. The van der Waals surface area contributed by atoms with Gasteiger partial charge in [0.1, 0.15) is 0 Å². The second-order valence-corrected chi connectivity index (χ2v) is 7.36. The van der Waals surface area contributed by atoms with E-state index in [9.17, 15) is 0 Å². The Morgan fingerprint density at radius 1 is 1.24 bits per heavy atom. The first-order valence-corrected chi connectivity index (χ1v) is 8.95. The summed E-state index contributed by atoms with van der Waals surface area (Å²) in [7, 11) is 0. The summed E-state index contributed by atoms with van der Waals surface area (Å²) < 4.78 is 0. The van der Waals surface area contributed by atoms with Crippen molar-refractivity contribution in [1.82, 2.24) is 5.32 Å². The fourth-order valence-corrected chi connectivity index (χ4v) is 3.82. The maximum absolute atomic E-state index is 6.14. The van der Waals surface area contributed by atoms with Gasteiger partial charge in [0.05, 0.1) is 0 Å². The molecule has 118 valence electrons. The SMILES string of the molecule is CCCNC(Cc1cccc(Cl)c1)C1CCC(C)C(C)C1. The molecule has 2 heteroatoms. The standard InChI is InChI=1S/C19H30ClN/c1-4-10-21-19(13-16-6-5-7-18(20)12-16)17-9-8-14(2)15(3)11-17/h5-7,12,14-15,17,19,21H,4,8-11,13H2,1-3H3. The van der Waals surface area contributed by atoms with Crippen LogP contribution in [-0.4, -0.2) is 12.6 Å². The van der Waals surface area contributed by atoms with Gasteiger partial charge in [0.25, 0.3) is 0 Å². The molecule has 4 atom stereocenters. The molecule has 0 radical (unpaired) electrons. The second-order valence-electron chi connectivity index (χ2n) is 6.92. The van der Waals surface area contributed by atoms with Crippen LogP contribution >= 0.6 is 11.6 Å². The Hall–Kier alpha value is -0.530. The zero-order valence-corrected chi connectivity index (χ0v) is 14.5. The Morgan fingerprint density at radius 3 is 2.71 bits per heavy atom. The van der Waals surface area contributed by atoms with Gasteiger partial charge >= 0.3 is 0 Å². The molecule has 1 aromatic carbocycles. The summed E-state index contributed by atoms with van der Waals surface area (Å²) in [5.74, 6) is 2.55. The molecule has 2 rings (SSSR count).